The van der Waals surface area contributed by atoms with Gasteiger partial charge in [-0.1, -0.05) is 18.2 Å². The van der Waals surface area contributed by atoms with Crippen molar-refractivity contribution in [3.05, 3.63) is 54.6 Å². The van der Waals surface area contributed by atoms with Gasteiger partial charge in [-0.25, -0.2) is 0 Å². The zero-order valence-electron chi connectivity index (χ0n) is 9.84. The van der Waals surface area contributed by atoms with Crippen LogP contribution in [-0.4, -0.2) is 25.3 Å². The summed E-state index contributed by atoms with van der Waals surface area (Å²) in [6, 6.07) is 16.6. The first-order chi connectivity index (χ1) is 9.33. The van der Waals surface area contributed by atoms with Gasteiger partial charge in [-0.15, -0.1) is 5.10 Å². The number of aromatic nitrogens is 4. The Bertz CT molecular complexity index is 667. The van der Waals surface area contributed by atoms with Crippen molar-refractivity contribution in [3.8, 4) is 11.4 Å². The molecule has 0 saturated carbocycles. The van der Waals surface area contributed by atoms with Crippen molar-refractivity contribution in [2.24, 2.45) is 0 Å². The summed E-state index contributed by atoms with van der Waals surface area (Å²) in [6.45, 7) is 0. The Morgan fingerprint density at radius 2 is 1.68 bits per heavy atom. The third-order valence-corrected chi connectivity index (χ3v) is 3.43. The quantitative estimate of drug-likeness (QED) is 0.792. The van der Waals surface area contributed by atoms with Crippen molar-refractivity contribution in [2.75, 3.05) is 0 Å². The van der Waals surface area contributed by atoms with Crippen molar-refractivity contribution in [1.29, 1.82) is 0 Å². The van der Waals surface area contributed by atoms with Crippen LogP contribution in [0.2, 0.25) is 0 Å². The van der Waals surface area contributed by atoms with E-state index in [1.807, 2.05) is 42.5 Å². The topological polar surface area (TPSA) is 63.8 Å². The minimum Gasteiger partial charge on any atom is -0.508 e. The standard InChI is InChI=1S/C13H10N4OS/c18-11-6-8-12(9-7-11)19-13-14-15-16-17(13)10-4-2-1-3-5-10/h1-9,18H. The van der Waals surface area contributed by atoms with E-state index in [0.717, 1.165) is 10.6 Å². The number of para-hydroxylation sites is 1. The van der Waals surface area contributed by atoms with Gasteiger partial charge in [0.1, 0.15) is 5.75 Å². The number of aromatic hydroxyl groups is 1. The molecule has 0 aliphatic heterocycles. The molecule has 2 aromatic carbocycles. The molecule has 1 heterocycles. The Hall–Kier alpha value is -2.34. The summed E-state index contributed by atoms with van der Waals surface area (Å²) in [5, 5.41) is 21.6. The number of rotatable bonds is 3. The summed E-state index contributed by atoms with van der Waals surface area (Å²) < 4.78 is 1.68. The van der Waals surface area contributed by atoms with Crippen LogP contribution >= 0.6 is 11.8 Å². The smallest absolute Gasteiger partial charge is 0.218 e. The van der Waals surface area contributed by atoms with Crippen LogP contribution in [0.3, 0.4) is 0 Å². The molecule has 19 heavy (non-hydrogen) atoms. The van der Waals surface area contributed by atoms with E-state index in [0.29, 0.717) is 5.16 Å². The molecular formula is C13H10N4OS. The second-order valence-electron chi connectivity index (χ2n) is 3.80. The SMILES string of the molecule is Oc1ccc(Sc2nnnn2-c2ccccc2)cc1. The first-order valence-corrected chi connectivity index (χ1v) is 6.45. The third-order valence-electron chi connectivity index (χ3n) is 2.49. The van der Waals surface area contributed by atoms with Gasteiger partial charge in [0.15, 0.2) is 0 Å². The normalized spacial score (nSPS) is 10.5. The van der Waals surface area contributed by atoms with Crippen LogP contribution in [0.15, 0.2) is 64.6 Å². The maximum atomic E-state index is 9.26. The lowest BCUT2D eigenvalue weighted by atomic mass is 10.3. The van der Waals surface area contributed by atoms with E-state index in [2.05, 4.69) is 15.5 Å². The fraction of sp³-hybridized carbons (Fsp3) is 0. The summed E-state index contributed by atoms with van der Waals surface area (Å²) in [5.74, 6) is 0.243. The fourth-order valence-corrected chi connectivity index (χ4v) is 2.38. The highest BCUT2D eigenvalue weighted by atomic mass is 32.2. The largest absolute Gasteiger partial charge is 0.508 e. The summed E-state index contributed by atoms with van der Waals surface area (Å²) >= 11 is 1.44. The van der Waals surface area contributed by atoms with Crippen LogP contribution in [0.1, 0.15) is 0 Å². The number of benzene rings is 2. The average Bonchev–Trinajstić information content (AvgIpc) is 2.90. The monoisotopic (exact) mass is 270 g/mol. The molecule has 0 unspecified atom stereocenters. The van der Waals surface area contributed by atoms with E-state index in [1.165, 1.54) is 11.8 Å². The molecule has 0 saturated heterocycles. The molecule has 0 amide bonds. The van der Waals surface area contributed by atoms with Crippen LogP contribution in [0.25, 0.3) is 5.69 Å². The minimum atomic E-state index is 0.243. The van der Waals surface area contributed by atoms with Crippen LogP contribution < -0.4 is 0 Å². The number of nitrogens with zero attached hydrogens (tertiary/aromatic N) is 4. The predicted molar refractivity (Wildman–Crippen MR) is 71.4 cm³/mol. The molecule has 0 aliphatic carbocycles. The number of tetrazole rings is 1. The van der Waals surface area contributed by atoms with Crippen LogP contribution in [-0.2, 0) is 0 Å². The molecule has 3 aromatic rings. The van der Waals surface area contributed by atoms with Gasteiger partial charge < -0.3 is 5.11 Å². The van der Waals surface area contributed by atoms with Crippen molar-refractivity contribution < 1.29 is 5.11 Å². The Labute approximate surface area is 113 Å². The highest BCUT2D eigenvalue weighted by Gasteiger charge is 2.09. The van der Waals surface area contributed by atoms with Crippen LogP contribution in [0.5, 0.6) is 5.75 Å². The Morgan fingerprint density at radius 1 is 0.947 bits per heavy atom. The molecule has 0 aliphatic rings. The first-order valence-electron chi connectivity index (χ1n) is 5.63. The maximum Gasteiger partial charge on any atom is 0.218 e. The van der Waals surface area contributed by atoms with Crippen molar-refractivity contribution in [1.82, 2.24) is 20.2 Å². The van der Waals surface area contributed by atoms with Gasteiger partial charge in [-0.05, 0) is 58.6 Å². The van der Waals surface area contributed by atoms with Gasteiger partial charge in [-0.3, -0.25) is 0 Å². The second-order valence-corrected chi connectivity index (χ2v) is 4.85. The average molecular weight is 270 g/mol. The maximum absolute atomic E-state index is 9.26. The number of phenolic OH excluding ortho intramolecular Hbond substituents is 1. The van der Waals surface area contributed by atoms with Crippen molar-refractivity contribution in [2.45, 2.75) is 10.1 Å². The van der Waals surface area contributed by atoms with Gasteiger partial charge in [0.25, 0.3) is 0 Å². The lowest BCUT2D eigenvalue weighted by molar-refractivity contribution is 0.475. The van der Waals surface area contributed by atoms with Crippen LogP contribution in [0, 0.1) is 0 Å². The Balaban J connectivity index is 1.91. The fourth-order valence-electron chi connectivity index (χ4n) is 1.59. The molecule has 5 nitrogen and oxygen atoms in total. The predicted octanol–water partition coefficient (Wildman–Crippen LogP) is 2.52. The molecule has 6 heteroatoms. The molecule has 1 N–H and O–H groups in total. The van der Waals surface area contributed by atoms with Gasteiger partial charge >= 0.3 is 0 Å². The molecule has 0 bridgehead atoms. The summed E-state index contributed by atoms with van der Waals surface area (Å²) in [7, 11) is 0. The zero-order valence-corrected chi connectivity index (χ0v) is 10.7. The number of hydrogen-bond donors (Lipinski definition) is 1. The molecule has 94 valence electrons. The number of phenols is 1. The zero-order chi connectivity index (χ0) is 13.1. The Morgan fingerprint density at radius 3 is 2.42 bits per heavy atom. The van der Waals surface area contributed by atoms with Gasteiger partial charge in [-0.2, -0.15) is 4.68 Å². The highest BCUT2D eigenvalue weighted by Crippen LogP contribution is 2.27. The summed E-state index contributed by atoms with van der Waals surface area (Å²) in [5.41, 5.74) is 0.911. The van der Waals surface area contributed by atoms with E-state index in [-0.39, 0.29) is 5.75 Å². The summed E-state index contributed by atoms with van der Waals surface area (Å²) in [6.07, 6.45) is 0. The third kappa shape index (κ3) is 2.58. The number of hydrogen-bond acceptors (Lipinski definition) is 5. The molecule has 3 rings (SSSR count). The second kappa shape index (κ2) is 5.11. The first kappa shape index (κ1) is 11.7. The van der Waals surface area contributed by atoms with Crippen molar-refractivity contribution in [3.63, 3.8) is 0 Å². The molecule has 0 radical (unpaired) electrons. The molecule has 0 spiro atoms. The van der Waals surface area contributed by atoms with E-state index < -0.39 is 0 Å². The van der Waals surface area contributed by atoms with Gasteiger partial charge in [0.2, 0.25) is 5.16 Å². The van der Waals surface area contributed by atoms with Crippen molar-refractivity contribution >= 4 is 11.8 Å². The van der Waals surface area contributed by atoms with Crippen LogP contribution in [0.4, 0.5) is 0 Å². The minimum absolute atomic E-state index is 0.243. The molecule has 0 atom stereocenters. The van der Waals surface area contributed by atoms with Gasteiger partial charge in [0, 0.05) is 4.90 Å². The summed E-state index contributed by atoms with van der Waals surface area (Å²) in [4.78, 5) is 0.963. The van der Waals surface area contributed by atoms with E-state index in [4.69, 9.17) is 0 Å². The lowest BCUT2D eigenvalue weighted by Gasteiger charge is -2.03. The highest BCUT2D eigenvalue weighted by molar-refractivity contribution is 7.99. The molecule has 1 aromatic heterocycles. The van der Waals surface area contributed by atoms with E-state index in [9.17, 15) is 5.11 Å². The molecular weight excluding hydrogens is 260 g/mol. The molecule has 0 fully saturated rings. The van der Waals surface area contributed by atoms with E-state index in [1.54, 1.807) is 16.8 Å². The van der Waals surface area contributed by atoms with Gasteiger partial charge in [0.05, 0.1) is 5.69 Å². The Kier molecular flexibility index (Phi) is 3.16. The van der Waals surface area contributed by atoms with E-state index >= 15 is 0 Å². The lowest BCUT2D eigenvalue weighted by Crippen LogP contribution is -1.98.